The molecule has 1 aromatic carbocycles. The van der Waals surface area contributed by atoms with Gasteiger partial charge in [-0.1, -0.05) is 12.1 Å². The molecule has 6 heteroatoms. The number of aromatic nitrogens is 2. The molecule has 5 nitrogen and oxygen atoms in total. The third kappa shape index (κ3) is 2.75. The summed E-state index contributed by atoms with van der Waals surface area (Å²) >= 11 is 1.73. The summed E-state index contributed by atoms with van der Waals surface area (Å²) in [7, 11) is 1.68. The summed E-state index contributed by atoms with van der Waals surface area (Å²) < 4.78 is 5.26. The first-order valence-corrected chi connectivity index (χ1v) is 9.25. The van der Waals surface area contributed by atoms with Gasteiger partial charge in [0.1, 0.15) is 22.7 Å². The summed E-state index contributed by atoms with van der Waals surface area (Å²) in [6.07, 6.45) is 1.67. The lowest BCUT2D eigenvalue weighted by Crippen LogP contribution is -2.29. The van der Waals surface area contributed by atoms with E-state index in [-0.39, 0.29) is 12.0 Å². The van der Waals surface area contributed by atoms with E-state index in [2.05, 4.69) is 40.8 Å². The largest absolute Gasteiger partial charge is 0.497 e. The van der Waals surface area contributed by atoms with E-state index >= 15 is 0 Å². The molecule has 1 aliphatic heterocycles. The first-order chi connectivity index (χ1) is 12.1. The highest BCUT2D eigenvalue weighted by molar-refractivity contribution is 7.18. The Labute approximate surface area is 151 Å². The average molecular weight is 354 g/mol. The number of nitrogens with zero attached hydrogens (tertiary/aromatic N) is 3. The van der Waals surface area contributed by atoms with Crippen molar-refractivity contribution < 1.29 is 4.74 Å². The Morgan fingerprint density at radius 3 is 2.64 bits per heavy atom. The lowest BCUT2D eigenvalue weighted by Gasteiger charge is -2.18. The van der Waals surface area contributed by atoms with Crippen LogP contribution in [0.1, 0.15) is 21.9 Å². The third-order valence-electron chi connectivity index (χ3n) is 5.15. The Hall–Kier alpha value is -2.18. The monoisotopic (exact) mass is 354 g/mol. The molecule has 3 aromatic rings. The van der Waals surface area contributed by atoms with Crippen molar-refractivity contribution in [3.05, 3.63) is 46.6 Å². The van der Waals surface area contributed by atoms with Crippen molar-refractivity contribution in [2.24, 2.45) is 5.73 Å². The molecular formula is C19H22N4OS. The van der Waals surface area contributed by atoms with E-state index in [0.29, 0.717) is 0 Å². The topological polar surface area (TPSA) is 64.3 Å². The Balaban J connectivity index is 1.67. The number of thiophene rings is 1. The van der Waals surface area contributed by atoms with Gasteiger partial charge < -0.3 is 15.4 Å². The first-order valence-electron chi connectivity index (χ1n) is 8.43. The number of ether oxygens (including phenoxy) is 1. The Kier molecular flexibility index (Phi) is 4.09. The van der Waals surface area contributed by atoms with Crippen LogP contribution in [0.4, 0.5) is 5.82 Å². The van der Waals surface area contributed by atoms with Crippen LogP contribution in [0.2, 0.25) is 0 Å². The van der Waals surface area contributed by atoms with Gasteiger partial charge in [0.15, 0.2) is 0 Å². The predicted molar refractivity (Wildman–Crippen MR) is 103 cm³/mol. The van der Waals surface area contributed by atoms with Gasteiger partial charge in [-0.3, -0.25) is 0 Å². The number of nitrogens with two attached hydrogens (primary N) is 1. The minimum Gasteiger partial charge on any atom is -0.497 e. The van der Waals surface area contributed by atoms with Gasteiger partial charge in [0.05, 0.1) is 12.5 Å². The molecule has 0 aliphatic carbocycles. The van der Waals surface area contributed by atoms with Crippen molar-refractivity contribution in [1.29, 1.82) is 0 Å². The standard InChI is InChI=1S/C19H22N4OS/c1-11-12(2)25-19-17(11)18(21-10-22-19)23-8-15(16(20)9-23)13-4-6-14(24-3)7-5-13/h4-7,10,15-16H,8-9,20H2,1-3H3/t15-,16+/m0/s1. The summed E-state index contributed by atoms with van der Waals surface area (Å²) in [5.41, 5.74) is 9.01. The van der Waals surface area contributed by atoms with Crippen molar-refractivity contribution >= 4 is 27.4 Å². The highest BCUT2D eigenvalue weighted by atomic mass is 32.1. The summed E-state index contributed by atoms with van der Waals surface area (Å²) in [5.74, 6) is 2.17. The van der Waals surface area contributed by atoms with Crippen molar-refractivity contribution in [1.82, 2.24) is 9.97 Å². The van der Waals surface area contributed by atoms with E-state index in [1.54, 1.807) is 24.8 Å². The average Bonchev–Trinajstić information content (AvgIpc) is 3.15. The number of hydrogen-bond donors (Lipinski definition) is 1. The van der Waals surface area contributed by atoms with Gasteiger partial charge in [0.25, 0.3) is 0 Å². The highest BCUT2D eigenvalue weighted by Gasteiger charge is 2.33. The quantitative estimate of drug-likeness (QED) is 0.782. The second kappa shape index (κ2) is 6.28. The van der Waals surface area contributed by atoms with Crippen molar-refractivity contribution in [3.8, 4) is 5.75 Å². The number of rotatable bonds is 3. The van der Waals surface area contributed by atoms with Gasteiger partial charge in [-0.2, -0.15) is 0 Å². The molecule has 0 spiro atoms. The molecule has 2 N–H and O–H groups in total. The minimum atomic E-state index is 0.0819. The summed E-state index contributed by atoms with van der Waals surface area (Å²) in [6, 6.07) is 8.31. The Morgan fingerprint density at radius 1 is 1.16 bits per heavy atom. The fourth-order valence-corrected chi connectivity index (χ4v) is 4.60. The molecule has 2 atom stereocenters. The number of anilines is 1. The van der Waals surface area contributed by atoms with E-state index in [9.17, 15) is 0 Å². The molecule has 1 aliphatic rings. The van der Waals surface area contributed by atoms with Gasteiger partial charge in [0, 0.05) is 29.9 Å². The molecule has 1 saturated heterocycles. The molecule has 0 radical (unpaired) electrons. The maximum absolute atomic E-state index is 6.48. The summed E-state index contributed by atoms with van der Waals surface area (Å²) in [5, 5.41) is 1.17. The Morgan fingerprint density at radius 2 is 1.92 bits per heavy atom. The van der Waals surface area contributed by atoms with Gasteiger partial charge in [0.2, 0.25) is 0 Å². The lowest BCUT2D eigenvalue weighted by molar-refractivity contribution is 0.414. The van der Waals surface area contributed by atoms with Crippen LogP contribution in [0.3, 0.4) is 0 Å². The zero-order chi connectivity index (χ0) is 17.6. The van der Waals surface area contributed by atoms with Crippen molar-refractivity contribution in [2.75, 3.05) is 25.1 Å². The second-order valence-electron chi connectivity index (χ2n) is 6.61. The number of benzene rings is 1. The van der Waals surface area contributed by atoms with Crippen molar-refractivity contribution in [2.45, 2.75) is 25.8 Å². The van der Waals surface area contributed by atoms with Gasteiger partial charge in [-0.05, 0) is 37.1 Å². The normalized spacial score (nSPS) is 20.4. The Bertz CT molecular complexity index is 906. The van der Waals surface area contributed by atoms with E-state index in [4.69, 9.17) is 10.5 Å². The van der Waals surface area contributed by atoms with Crippen LogP contribution in [0.5, 0.6) is 5.75 Å². The minimum absolute atomic E-state index is 0.0819. The van der Waals surface area contributed by atoms with E-state index in [1.807, 2.05) is 12.1 Å². The van der Waals surface area contributed by atoms with Crippen LogP contribution in [0, 0.1) is 13.8 Å². The van der Waals surface area contributed by atoms with Crippen LogP contribution in [0.15, 0.2) is 30.6 Å². The van der Waals surface area contributed by atoms with Crippen LogP contribution in [0.25, 0.3) is 10.2 Å². The number of hydrogen-bond acceptors (Lipinski definition) is 6. The maximum atomic E-state index is 6.48. The zero-order valence-corrected chi connectivity index (χ0v) is 15.5. The first kappa shape index (κ1) is 16.3. The van der Waals surface area contributed by atoms with Crippen LogP contribution in [-0.4, -0.2) is 36.2 Å². The van der Waals surface area contributed by atoms with Gasteiger partial charge in [-0.25, -0.2) is 9.97 Å². The maximum Gasteiger partial charge on any atom is 0.141 e. The molecule has 25 heavy (non-hydrogen) atoms. The second-order valence-corrected chi connectivity index (χ2v) is 7.81. The number of methoxy groups -OCH3 is 1. The molecule has 2 aromatic heterocycles. The fraction of sp³-hybridized carbons (Fsp3) is 0.368. The van der Waals surface area contributed by atoms with Crippen LogP contribution in [-0.2, 0) is 0 Å². The SMILES string of the molecule is COc1ccc([C@@H]2CN(c3ncnc4sc(C)c(C)c34)C[C@H]2N)cc1. The molecule has 0 unspecified atom stereocenters. The smallest absolute Gasteiger partial charge is 0.141 e. The molecule has 0 amide bonds. The molecule has 1 fully saturated rings. The zero-order valence-electron chi connectivity index (χ0n) is 14.7. The van der Waals surface area contributed by atoms with Crippen molar-refractivity contribution in [3.63, 3.8) is 0 Å². The van der Waals surface area contributed by atoms with Crippen LogP contribution >= 0.6 is 11.3 Å². The molecule has 3 heterocycles. The fourth-order valence-electron chi connectivity index (χ4n) is 3.61. The van der Waals surface area contributed by atoms with E-state index < -0.39 is 0 Å². The summed E-state index contributed by atoms with van der Waals surface area (Å²) in [4.78, 5) is 13.7. The molecule has 130 valence electrons. The molecule has 0 saturated carbocycles. The van der Waals surface area contributed by atoms with E-state index in [1.165, 1.54) is 21.4 Å². The van der Waals surface area contributed by atoms with Gasteiger partial charge >= 0.3 is 0 Å². The molecule has 0 bridgehead atoms. The van der Waals surface area contributed by atoms with E-state index in [0.717, 1.165) is 29.5 Å². The highest BCUT2D eigenvalue weighted by Crippen LogP contribution is 2.37. The van der Waals surface area contributed by atoms with Crippen LogP contribution < -0.4 is 15.4 Å². The van der Waals surface area contributed by atoms with Gasteiger partial charge in [-0.15, -0.1) is 11.3 Å². The molecule has 4 rings (SSSR count). The lowest BCUT2D eigenvalue weighted by atomic mass is 9.95. The molecular weight excluding hydrogens is 332 g/mol. The number of aryl methyl sites for hydroxylation is 2. The number of fused-ring (bicyclic) bond motifs is 1. The third-order valence-corrected chi connectivity index (χ3v) is 6.27. The summed E-state index contributed by atoms with van der Waals surface area (Å²) in [6.45, 7) is 5.96. The predicted octanol–water partition coefficient (Wildman–Crippen LogP) is 3.25.